The predicted molar refractivity (Wildman–Crippen MR) is 115 cm³/mol. The molecule has 0 amide bonds. The summed E-state index contributed by atoms with van der Waals surface area (Å²) in [6.07, 6.45) is 2.24. The summed E-state index contributed by atoms with van der Waals surface area (Å²) >= 11 is 0. The van der Waals surface area contributed by atoms with E-state index in [-0.39, 0.29) is 11.7 Å². The van der Waals surface area contributed by atoms with E-state index in [9.17, 15) is 4.79 Å². The van der Waals surface area contributed by atoms with Gasteiger partial charge in [-0.25, -0.2) is 9.78 Å². The lowest BCUT2D eigenvalue weighted by atomic mass is 10.0. The molecule has 5 nitrogen and oxygen atoms in total. The van der Waals surface area contributed by atoms with E-state index in [4.69, 9.17) is 9.84 Å². The number of ether oxygens (including phenoxy) is 1. The molecular weight excluding hydrogens is 364 g/mol. The van der Waals surface area contributed by atoms with Crippen LogP contribution in [0, 0.1) is 0 Å². The van der Waals surface area contributed by atoms with Gasteiger partial charge in [0.1, 0.15) is 11.6 Å². The van der Waals surface area contributed by atoms with Crippen LogP contribution in [0.1, 0.15) is 42.3 Å². The zero-order chi connectivity index (χ0) is 20.8. The van der Waals surface area contributed by atoms with Crippen LogP contribution in [0.15, 0.2) is 66.9 Å². The summed E-state index contributed by atoms with van der Waals surface area (Å²) in [4.78, 5) is 17.5. The van der Waals surface area contributed by atoms with Crippen molar-refractivity contribution in [2.75, 3.05) is 11.4 Å². The van der Waals surface area contributed by atoms with Crippen molar-refractivity contribution < 1.29 is 14.6 Å². The molecule has 0 spiro atoms. The lowest BCUT2D eigenvalue weighted by Crippen LogP contribution is -2.18. The standard InChI is InChI=1S/C24H26N2O3/c1-4-26(23-13-11-20(16-25-23)24(27)28)21-12-10-19(22(15-21)29-17(2)3)14-18-8-6-5-7-9-18/h5-13,15-17H,4,14H2,1-3H3,(H,27,28). The van der Waals surface area contributed by atoms with Gasteiger partial charge in [0.05, 0.1) is 11.7 Å². The Balaban J connectivity index is 1.94. The molecule has 0 atom stereocenters. The van der Waals surface area contributed by atoms with E-state index in [1.165, 1.54) is 11.8 Å². The summed E-state index contributed by atoms with van der Waals surface area (Å²) < 4.78 is 6.11. The molecule has 0 aliphatic carbocycles. The van der Waals surface area contributed by atoms with Gasteiger partial charge < -0.3 is 14.7 Å². The van der Waals surface area contributed by atoms with Gasteiger partial charge in [-0.15, -0.1) is 0 Å². The average molecular weight is 390 g/mol. The minimum atomic E-state index is -0.981. The lowest BCUT2D eigenvalue weighted by Gasteiger charge is -2.24. The van der Waals surface area contributed by atoms with Crippen LogP contribution < -0.4 is 9.64 Å². The van der Waals surface area contributed by atoms with Gasteiger partial charge in [0.2, 0.25) is 0 Å². The second-order valence-corrected chi connectivity index (χ2v) is 7.08. The van der Waals surface area contributed by atoms with Gasteiger partial charge >= 0.3 is 5.97 Å². The number of hydrogen-bond donors (Lipinski definition) is 1. The second kappa shape index (κ2) is 9.24. The normalized spacial score (nSPS) is 10.8. The topological polar surface area (TPSA) is 62.7 Å². The van der Waals surface area contributed by atoms with Gasteiger partial charge in [-0.2, -0.15) is 0 Å². The molecule has 0 saturated carbocycles. The van der Waals surface area contributed by atoms with Gasteiger partial charge in [-0.3, -0.25) is 0 Å². The van der Waals surface area contributed by atoms with Crippen molar-refractivity contribution in [1.29, 1.82) is 0 Å². The lowest BCUT2D eigenvalue weighted by molar-refractivity contribution is 0.0696. The molecule has 0 radical (unpaired) electrons. The maximum Gasteiger partial charge on any atom is 0.337 e. The number of pyridine rings is 1. The van der Waals surface area contributed by atoms with E-state index in [0.717, 1.165) is 23.4 Å². The van der Waals surface area contributed by atoms with Crippen molar-refractivity contribution >= 4 is 17.5 Å². The van der Waals surface area contributed by atoms with Crippen LogP contribution in [0.3, 0.4) is 0 Å². The molecule has 150 valence electrons. The number of carboxylic acid groups (broad SMARTS) is 1. The number of nitrogens with zero attached hydrogens (tertiary/aromatic N) is 2. The van der Waals surface area contributed by atoms with Crippen LogP contribution >= 0.6 is 0 Å². The molecule has 1 N–H and O–H groups in total. The maximum absolute atomic E-state index is 11.1. The van der Waals surface area contributed by atoms with Crippen LogP contribution in [-0.2, 0) is 6.42 Å². The van der Waals surface area contributed by atoms with Crippen LogP contribution in [0.4, 0.5) is 11.5 Å². The third-order valence-electron chi connectivity index (χ3n) is 4.55. The minimum absolute atomic E-state index is 0.0582. The zero-order valence-corrected chi connectivity index (χ0v) is 17.0. The summed E-state index contributed by atoms with van der Waals surface area (Å²) in [5.41, 5.74) is 3.48. The van der Waals surface area contributed by atoms with E-state index in [0.29, 0.717) is 12.4 Å². The van der Waals surface area contributed by atoms with E-state index < -0.39 is 5.97 Å². The highest BCUT2D eigenvalue weighted by Gasteiger charge is 2.14. The first-order valence-corrected chi connectivity index (χ1v) is 9.78. The Labute approximate surface area is 171 Å². The summed E-state index contributed by atoms with van der Waals surface area (Å²) in [6.45, 7) is 6.76. The van der Waals surface area contributed by atoms with Crippen molar-refractivity contribution in [2.45, 2.75) is 33.3 Å². The van der Waals surface area contributed by atoms with Crippen molar-refractivity contribution in [1.82, 2.24) is 4.98 Å². The molecule has 0 unspecified atom stereocenters. The number of aromatic carboxylic acids is 1. The SMILES string of the molecule is CCN(c1ccc(Cc2ccccc2)c(OC(C)C)c1)c1ccc(C(=O)O)cn1. The maximum atomic E-state index is 11.1. The fraction of sp³-hybridized carbons (Fsp3) is 0.250. The zero-order valence-electron chi connectivity index (χ0n) is 17.0. The number of aromatic nitrogens is 1. The van der Waals surface area contributed by atoms with Crippen LogP contribution in [0.5, 0.6) is 5.75 Å². The molecule has 3 aromatic rings. The average Bonchev–Trinajstić information content (AvgIpc) is 2.71. The Morgan fingerprint density at radius 3 is 2.45 bits per heavy atom. The Morgan fingerprint density at radius 2 is 1.86 bits per heavy atom. The summed E-state index contributed by atoms with van der Waals surface area (Å²) in [7, 11) is 0. The Hall–Kier alpha value is -3.34. The Bertz CT molecular complexity index is 954. The molecule has 0 aliphatic rings. The molecule has 2 aromatic carbocycles. The Morgan fingerprint density at radius 1 is 1.10 bits per heavy atom. The number of anilines is 2. The summed E-state index contributed by atoms with van der Waals surface area (Å²) in [6, 6.07) is 19.8. The van der Waals surface area contributed by atoms with E-state index in [2.05, 4.69) is 29.2 Å². The van der Waals surface area contributed by atoms with Crippen molar-refractivity contribution in [3.63, 3.8) is 0 Å². The molecule has 29 heavy (non-hydrogen) atoms. The molecule has 0 bridgehead atoms. The van der Waals surface area contributed by atoms with Crippen molar-refractivity contribution in [3.05, 3.63) is 83.6 Å². The quantitative estimate of drug-likeness (QED) is 0.564. The van der Waals surface area contributed by atoms with Gasteiger partial charge in [0.25, 0.3) is 0 Å². The minimum Gasteiger partial charge on any atom is -0.491 e. The number of hydrogen-bond acceptors (Lipinski definition) is 4. The van der Waals surface area contributed by atoms with Gasteiger partial charge in [-0.1, -0.05) is 36.4 Å². The molecule has 3 rings (SSSR count). The van der Waals surface area contributed by atoms with E-state index >= 15 is 0 Å². The van der Waals surface area contributed by atoms with Gasteiger partial charge in [0.15, 0.2) is 0 Å². The smallest absolute Gasteiger partial charge is 0.337 e. The third-order valence-corrected chi connectivity index (χ3v) is 4.55. The molecule has 5 heteroatoms. The monoisotopic (exact) mass is 390 g/mol. The summed E-state index contributed by atoms with van der Waals surface area (Å²) in [5, 5.41) is 9.09. The largest absolute Gasteiger partial charge is 0.491 e. The van der Waals surface area contributed by atoms with Gasteiger partial charge in [0, 0.05) is 30.9 Å². The molecular formula is C24H26N2O3. The second-order valence-electron chi connectivity index (χ2n) is 7.08. The third kappa shape index (κ3) is 5.13. The summed E-state index contributed by atoms with van der Waals surface area (Å²) in [5.74, 6) is 0.566. The first-order chi connectivity index (χ1) is 14.0. The highest BCUT2D eigenvalue weighted by atomic mass is 16.5. The predicted octanol–water partition coefficient (Wildman–Crippen LogP) is 5.32. The molecule has 0 aliphatic heterocycles. The van der Waals surface area contributed by atoms with Crippen LogP contribution in [0.2, 0.25) is 0 Å². The number of rotatable bonds is 8. The van der Waals surface area contributed by atoms with Crippen molar-refractivity contribution in [2.24, 2.45) is 0 Å². The van der Waals surface area contributed by atoms with E-state index in [1.54, 1.807) is 12.1 Å². The molecule has 1 aromatic heterocycles. The fourth-order valence-corrected chi connectivity index (χ4v) is 3.19. The molecule has 0 fully saturated rings. The fourth-order valence-electron chi connectivity index (χ4n) is 3.19. The van der Waals surface area contributed by atoms with Crippen LogP contribution in [-0.4, -0.2) is 28.7 Å². The number of benzene rings is 2. The van der Waals surface area contributed by atoms with Crippen LogP contribution in [0.25, 0.3) is 0 Å². The van der Waals surface area contributed by atoms with E-state index in [1.807, 2.05) is 49.9 Å². The first kappa shape index (κ1) is 20.4. The first-order valence-electron chi connectivity index (χ1n) is 9.78. The highest BCUT2D eigenvalue weighted by Crippen LogP contribution is 2.31. The molecule has 1 heterocycles. The Kier molecular flexibility index (Phi) is 6.50. The number of carbonyl (C=O) groups is 1. The highest BCUT2D eigenvalue weighted by molar-refractivity contribution is 5.87. The number of carboxylic acids is 1. The van der Waals surface area contributed by atoms with Crippen molar-refractivity contribution in [3.8, 4) is 5.75 Å². The van der Waals surface area contributed by atoms with Gasteiger partial charge in [-0.05, 0) is 50.1 Å². The molecule has 0 saturated heterocycles.